The van der Waals surface area contributed by atoms with Crippen LogP contribution in [0.25, 0.3) is 0 Å². The summed E-state index contributed by atoms with van der Waals surface area (Å²) in [5.74, 6) is -0.999. The van der Waals surface area contributed by atoms with E-state index in [0.29, 0.717) is 0 Å². The van der Waals surface area contributed by atoms with Crippen LogP contribution in [0.1, 0.15) is 6.42 Å². The van der Waals surface area contributed by atoms with Gasteiger partial charge in [0.15, 0.2) is 6.61 Å². The molecule has 0 aliphatic carbocycles. The number of carbonyl (C=O) groups excluding carboxylic acids is 1. The predicted octanol–water partition coefficient (Wildman–Crippen LogP) is 2.66. The van der Waals surface area contributed by atoms with Crippen LogP contribution in [0.4, 0.5) is 17.3 Å². The molecule has 0 rings (SSSR count). The van der Waals surface area contributed by atoms with Crippen molar-refractivity contribution >= 4 is 14.4 Å². The molecular weight excluding hydrogens is 220 g/mol. The van der Waals surface area contributed by atoms with Gasteiger partial charge in [0, 0.05) is 6.42 Å². The van der Waals surface area contributed by atoms with Gasteiger partial charge < -0.3 is 8.84 Å². The molecule has 0 bridgehead atoms. The SMILES string of the molecule is C[Si](C)(F)CCC(=O)OCC(F)(F)F. The first-order chi connectivity index (χ1) is 6.10. The fourth-order valence-corrected chi connectivity index (χ4v) is 1.43. The lowest BCUT2D eigenvalue weighted by molar-refractivity contribution is -0.186. The molecule has 0 aromatic heterocycles. The molecule has 0 heterocycles. The van der Waals surface area contributed by atoms with Gasteiger partial charge in [-0.2, -0.15) is 13.2 Å². The van der Waals surface area contributed by atoms with Gasteiger partial charge in [0.2, 0.25) is 8.41 Å². The maximum Gasteiger partial charge on any atom is 0.422 e. The predicted molar refractivity (Wildman–Crippen MR) is 45.0 cm³/mol. The van der Waals surface area contributed by atoms with E-state index in [1.807, 2.05) is 0 Å². The smallest absolute Gasteiger partial charge is 0.422 e. The molecule has 0 saturated heterocycles. The Kier molecular flexibility index (Phi) is 4.56. The van der Waals surface area contributed by atoms with Gasteiger partial charge in [0.25, 0.3) is 0 Å². The minimum Gasteiger partial charge on any atom is -0.456 e. The molecule has 0 amide bonds. The Labute approximate surface area is 80.4 Å². The van der Waals surface area contributed by atoms with E-state index in [1.54, 1.807) is 0 Å². The fraction of sp³-hybridized carbons (Fsp3) is 0.857. The van der Waals surface area contributed by atoms with E-state index in [2.05, 4.69) is 4.74 Å². The van der Waals surface area contributed by atoms with Crippen molar-refractivity contribution in [2.75, 3.05) is 6.61 Å². The molecule has 0 unspecified atom stereocenters. The normalized spacial score (nSPS) is 12.7. The highest BCUT2D eigenvalue weighted by Crippen LogP contribution is 2.17. The molecule has 84 valence electrons. The van der Waals surface area contributed by atoms with Gasteiger partial charge in [-0.3, -0.25) is 4.79 Å². The topological polar surface area (TPSA) is 26.3 Å². The quantitative estimate of drug-likeness (QED) is 0.322. The number of rotatable bonds is 4. The second-order valence-electron chi connectivity index (χ2n) is 3.49. The zero-order valence-corrected chi connectivity index (χ0v) is 8.95. The monoisotopic (exact) mass is 232 g/mol. The Morgan fingerprint density at radius 3 is 2.21 bits per heavy atom. The minimum atomic E-state index is -4.52. The Morgan fingerprint density at radius 1 is 1.36 bits per heavy atom. The highest BCUT2D eigenvalue weighted by Gasteiger charge is 2.30. The molecule has 0 aliphatic rings. The number of ether oxygens (including phenoxy) is 1. The number of hydrogen-bond acceptors (Lipinski definition) is 2. The number of carbonyl (C=O) groups is 1. The Bertz CT molecular complexity index is 177. The molecule has 0 fully saturated rings. The fourth-order valence-electron chi connectivity index (χ4n) is 0.634. The van der Waals surface area contributed by atoms with Crippen LogP contribution in [0.2, 0.25) is 19.1 Å². The number of esters is 1. The zero-order chi connectivity index (χ0) is 11.4. The average molecular weight is 232 g/mol. The van der Waals surface area contributed by atoms with Crippen LogP contribution in [0.15, 0.2) is 0 Å². The number of halogens is 4. The summed E-state index contributed by atoms with van der Waals surface area (Å²) in [5, 5.41) is 0. The second-order valence-corrected chi connectivity index (χ2v) is 7.43. The van der Waals surface area contributed by atoms with E-state index in [4.69, 9.17) is 0 Å². The van der Waals surface area contributed by atoms with Crippen molar-refractivity contribution < 1.29 is 26.8 Å². The van der Waals surface area contributed by atoms with Crippen molar-refractivity contribution in [3.8, 4) is 0 Å². The Balaban J connectivity index is 3.68. The van der Waals surface area contributed by atoms with Gasteiger partial charge in [-0.25, -0.2) is 0 Å². The van der Waals surface area contributed by atoms with Gasteiger partial charge in [-0.05, 0) is 19.1 Å². The molecule has 0 N–H and O–H groups in total. The maximum absolute atomic E-state index is 12.9. The van der Waals surface area contributed by atoms with E-state index in [0.717, 1.165) is 0 Å². The molecule has 0 aromatic carbocycles. The molecule has 0 aliphatic heterocycles. The van der Waals surface area contributed by atoms with E-state index in [1.165, 1.54) is 13.1 Å². The third-order valence-electron chi connectivity index (χ3n) is 1.32. The third kappa shape index (κ3) is 9.49. The van der Waals surface area contributed by atoms with Gasteiger partial charge in [-0.15, -0.1) is 0 Å². The van der Waals surface area contributed by atoms with E-state index >= 15 is 0 Å². The molecular formula is C7H12F4O2Si. The summed E-state index contributed by atoms with van der Waals surface area (Å²) >= 11 is 0. The summed E-state index contributed by atoms with van der Waals surface area (Å²) in [6.07, 6.45) is -4.80. The van der Waals surface area contributed by atoms with Crippen LogP contribution in [0.5, 0.6) is 0 Å². The highest BCUT2D eigenvalue weighted by molar-refractivity contribution is 6.70. The molecule has 7 heteroatoms. The Hall–Kier alpha value is -0.593. The van der Waals surface area contributed by atoms with Crippen LogP contribution in [0, 0.1) is 0 Å². The van der Waals surface area contributed by atoms with Crippen molar-refractivity contribution in [1.82, 2.24) is 0 Å². The van der Waals surface area contributed by atoms with Crippen molar-refractivity contribution in [3.05, 3.63) is 0 Å². The van der Waals surface area contributed by atoms with E-state index in [9.17, 15) is 22.1 Å². The number of alkyl halides is 3. The lowest BCUT2D eigenvalue weighted by Gasteiger charge is -2.11. The largest absolute Gasteiger partial charge is 0.456 e. The summed E-state index contributed by atoms with van der Waals surface area (Å²) in [6.45, 7) is 1.16. The molecule has 0 saturated carbocycles. The summed E-state index contributed by atoms with van der Waals surface area (Å²) in [7, 11) is -2.88. The summed E-state index contributed by atoms with van der Waals surface area (Å²) in [5.41, 5.74) is 0. The molecule has 0 radical (unpaired) electrons. The summed E-state index contributed by atoms with van der Waals surface area (Å²) in [6, 6.07) is -0.0102. The van der Waals surface area contributed by atoms with Crippen LogP contribution in [0.3, 0.4) is 0 Å². The molecule has 0 aromatic rings. The summed E-state index contributed by atoms with van der Waals surface area (Å²) in [4.78, 5) is 10.7. The van der Waals surface area contributed by atoms with Crippen LogP contribution >= 0.6 is 0 Å². The molecule has 14 heavy (non-hydrogen) atoms. The van der Waals surface area contributed by atoms with Crippen molar-refractivity contribution in [1.29, 1.82) is 0 Å². The summed E-state index contributed by atoms with van der Waals surface area (Å²) < 4.78 is 51.5. The van der Waals surface area contributed by atoms with Crippen LogP contribution < -0.4 is 0 Å². The van der Waals surface area contributed by atoms with Gasteiger partial charge >= 0.3 is 12.1 Å². The third-order valence-corrected chi connectivity index (χ3v) is 2.76. The highest BCUT2D eigenvalue weighted by atomic mass is 28.4. The molecule has 0 spiro atoms. The first kappa shape index (κ1) is 13.4. The standard InChI is InChI=1S/C7H12F4O2Si/c1-14(2,11)4-3-6(12)13-5-7(8,9)10/h3-5H2,1-2H3. The first-order valence-corrected chi connectivity index (χ1v) is 7.10. The maximum atomic E-state index is 12.9. The van der Waals surface area contributed by atoms with Crippen molar-refractivity contribution in [2.24, 2.45) is 0 Å². The lowest BCUT2D eigenvalue weighted by atomic mass is 10.5. The molecule has 2 nitrogen and oxygen atoms in total. The van der Waals surface area contributed by atoms with Crippen molar-refractivity contribution in [3.63, 3.8) is 0 Å². The zero-order valence-electron chi connectivity index (χ0n) is 7.95. The average Bonchev–Trinajstić information content (AvgIpc) is 1.94. The number of hydrogen-bond donors (Lipinski definition) is 0. The van der Waals surface area contributed by atoms with E-state index in [-0.39, 0.29) is 12.5 Å². The second kappa shape index (κ2) is 4.76. The van der Waals surface area contributed by atoms with Gasteiger partial charge in [0.05, 0.1) is 0 Å². The van der Waals surface area contributed by atoms with E-state index < -0.39 is 27.2 Å². The lowest BCUT2D eigenvalue weighted by Crippen LogP contribution is -2.23. The van der Waals surface area contributed by atoms with Gasteiger partial charge in [-0.1, -0.05) is 0 Å². The van der Waals surface area contributed by atoms with Crippen molar-refractivity contribution in [2.45, 2.75) is 31.7 Å². The van der Waals surface area contributed by atoms with Gasteiger partial charge in [0.1, 0.15) is 0 Å². The minimum absolute atomic E-state index is 0.0102. The first-order valence-electron chi connectivity index (χ1n) is 4.01. The molecule has 0 atom stereocenters. The Morgan fingerprint density at radius 2 is 1.86 bits per heavy atom. The van der Waals surface area contributed by atoms with Crippen LogP contribution in [-0.2, 0) is 9.53 Å². The van der Waals surface area contributed by atoms with Crippen LogP contribution in [-0.4, -0.2) is 27.2 Å².